The van der Waals surface area contributed by atoms with Gasteiger partial charge in [-0.15, -0.1) is 0 Å². The van der Waals surface area contributed by atoms with Crippen LogP contribution < -0.4 is 5.73 Å². The number of aryl methyl sites for hydroxylation is 1. The second-order valence-electron chi connectivity index (χ2n) is 4.95. The highest BCUT2D eigenvalue weighted by Gasteiger charge is 2.17. The standard InChI is InChI=1S/C14H18Br2N2/c1-9-7-11(15)13(12(16)8-9)18-14(17)10-5-3-2-4-6-10/h7-8,10H,2-6H2,1H3,(H2,17,18). The fourth-order valence-electron chi connectivity index (χ4n) is 2.42. The molecule has 0 unspecified atom stereocenters. The quantitative estimate of drug-likeness (QED) is 0.569. The molecule has 0 atom stereocenters. The van der Waals surface area contributed by atoms with Crippen molar-refractivity contribution >= 4 is 43.4 Å². The predicted molar refractivity (Wildman–Crippen MR) is 84.4 cm³/mol. The molecular weight excluding hydrogens is 356 g/mol. The zero-order valence-electron chi connectivity index (χ0n) is 10.5. The molecule has 1 aliphatic rings. The molecule has 1 aliphatic carbocycles. The van der Waals surface area contributed by atoms with Crippen molar-refractivity contribution in [2.45, 2.75) is 39.0 Å². The Bertz CT molecular complexity index is 440. The normalized spacial score (nSPS) is 18.1. The zero-order valence-corrected chi connectivity index (χ0v) is 13.7. The molecule has 0 aromatic heterocycles. The van der Waals surface area contributed by atoms with Gasteiger partial charge in [0.05, 0.1) is 5.69 Å². The van der Waals surface area contributed by atoms with Gasteiger partial charge in [0.2, 0.25) is 0 Å². The maximum absolute atomic E-state index is 6.16. The van der Waals surface area contributed by atoms with Crippen molar-refractivity contribution < 1.29 is 0 Å². The molecule has 0 radical (unpaired) electrons. The van der Waals surface area contributed by atoms with Crippen LogP contribution in [0.3, 0.4) is 0 Å². The van der Waals surface area contributed by atoms with Crippen LogP contribution in [0, 0.1) is 12.8 Å². The molecule has 18 heavy (non-hydrogen) atoms. The summed E-state index contributed by atoms with van der Waals surface area (Å²) in [5.41, 5.74) is 8.27. The average Bonchev–Trinajstić information content (AvgIpc) is 2.34. The van der Waals surface area contributed by atoms with Gasteiger partial charge in [-0.25, -0.2) is 4.99 Å². The van der Waals surface area contributed by atoms with Gasteiger partial charge in [-0.1, -0.05) is 19.3 Å². The van der Waals surface area contributed by atoms with Gasteiger partial charge in [0.15, 0.2) is 0 Å². The average molecular weight is 374 g/mol. The number of amidine groups is 1. The van der Waals surface area contributed by atoms with Crippen LogP contribution in [0.2, 0.25) is 0 Å². The molecular formula is C14H18Br2N2. The van der Waals surface area contributed by atoms with Crippen molar-refractivity contribution in [1.29, 1.82) is 0 Å². The van der Waals surface area contributed by atoms with Gasteiger partial charge >= 0.3 is 0 Å². The summed E-state index contributed by atoms with van der Waals surface area (Å²) in [6, 6.07) is 4.13. The van der Waals surface area contributed by atoms with E-state index in [2.05, 4.69) is 55.9 Å². The molecule has 0 aliphatic heterocycles. The van der Waals surface area contributed by atoms with Gasteiger partial charge in [-0.3, -0.25) is 0 Å². The summed E-state index contributed by atoms with van der Waals surface area (Å²) in [7, 11) is 0. The Kier molecular flexibility index (Phi) is 4.84. The first kappa shape index (κ1) is 14.1. The van der Waals surface area contributed by atoms with E-state index >= 15 is 0 Å². The minimum absolute atomic E-state index is 0.457. The van der Waals surface area contributed by atoms with Gasteiger partial charge in [0.1, 0.15) is 5.84 Å². The van der Waals surface area contributed by atoms with Crippen molar-refractivity contribution in [2.24, 2.45) is 16.6 Å². The van der Waals surface area contributed by atoms with Gasteiger partial charge in [0, 0.05) is 14.9 Å². The first-order chi connectivity index (χ1) is 8.58. The molecule has 1 aromatic carbocycles. The molecule has 0 bridgehead atoms. The van der Waals surface area contributed by atoms with E-state index in [1.165, 1.54) is 37.7 Å². The lowest BCUT2D eigenvalue weighted by Gasteiger charge is -2.21. The topological polar surface area (TPSA) is 38.4 Å². The van der Waals surface area contributed by atoms with Gasteiger partial charge in [-0.2, -0.15) is 0 Å². The molecule has 4 heteroatoms. The smallest absolute Gasteiger partial charge is 0.103 e. The van der Waals surface area contributed by atoms with Crippen LogP contribution in [0.1, 0.15) is 37.7 Å². The van der Waals surface area contributed by atoms with E-state index in [1.54, 1.807) is 0 Å². The summed E-state index contributed by atoms with van der Waals surface area (Å²) in [6.07, 6.45) is 6.24. The van der Waals surface area contributed by atoms with E-state index in [9.17, 15) is 0 Å². The Balaban J connectivity index is 2.26. The number of hydrogen-bond donors (Lipinski definition) is 1. The fourth-order valence-corrected chi connectivity index (χ4v) is 4.01. The maximum atomic E-state index is 6.16. The second-order valence-corrected chi connectivity index (χ2v) is 6.66. The summed E-state index contributed by atoms with van der Waals surface area (Å²) in [5.74, 6) is 1.24. The number of halogens is 2. The lowest BCUT2D eigenvalue weighted by atomic mass is 9.88. The lowest BCUT2D eigenvalue weighted by Crippen LogP contribution is -2.25. The minimum atomic E-state index is 0.457. The first-order valence-electron chi connectivity index (χ1n) is 6.37. The van der Waals surface area contributed by atoms with E-state index in [1.807, 2.05) is 0 Å². The number of hydrogen-bond acceptors (Lipinski definition) is 1. The summed E-state index contributed by atoms with van der Waals surface area (Å²) in [5, 5.41) is 0. The number of nitrogens with zero attached hydrogens (tertiary/aromatic N) is 1. The summed E-state index contributed by atoms with van der Waals surface area (Å²) in [6.45, 7) is 2.06. The van der Waals surface area contributed by atoms with Crippen molar-refractivity contribution in [3.05, 3.63) is 26.6 Å². The summed E-state index contributed by atoms with van der Waals surface area (Å²) in [4.78, 5) is 4.62. The van der Waals surface area contributed by atoms with Crippen LogP contribution in [-0.4, -0.2) is 5.84 Å². The molecule has 2 rings (SSSR count). The Morgan fingerprint density at radius 1 is 1.17 bits per heavy atom. The number of nitrogens with two attached hydrogens (primary N) is 1. The summed E-state index contributed by atoms with van der Waals surface area (Å²) < 4.78 is 1.99. The first-order valence-corrected chi connectivity index (χ1v) is 7.96. The van der Waals surface area contributed by atoms with E-state index in [0.29, 0.717) is 5.92 Å². The lowest BCUT2D eigenvalue weighted by molar-refractivity contribution is 0.437. The van der Waals surface area contributed by atoms with E-state index in [-0.39, 0.29) is 0 Å². The highest BCUT2D eigenvalue weighted by Crippen LogP contribution is 2.35. The molecule has 0 spiro atoms. The van der Waals surface area contributed by atoms with Crippen LogP contribution in [0.5, 0.6) is 0 Å². The molecule has 2 N–H and O–H groups in total. The SMILES string of the molecule is Cc1cc(Br)c(N=C(N)C2CCCCC2)c(Br)c1. The Labute approximate surface area is 125 Å². The zero-order chi connectivity index (χ0) is 13.1. The number of aliphatic imine (C=N–C) groups is 1. The molecule has 1 fully saturated rings. The molecule has 0 heterocycles. The summed E-state index contributed by atoms with van der Waals surface area (Å²) >= 11 is 7.12. The molecule has 2 nitrogen and oxygen atoms in total. The number of benzene rings is 1. The highest BCUT2D eigenvalue weighted by molar-refractivity contribution is 9.11. The van der Waals surface area contributed by atoms with Gasteiger partial charge < -0.3 is 5.73 Å². The fraction of sp³-hybridized carbons (Fsp3) is 0.500. The number of rotatable bonds is 2. The third-order valence-electron chi connectivity index (χ3n) is 3.43. The largest absolute Gasteiger partial charge is 0.387 e. The molecule has 98 valence electrons. The van der Waals surface area contributed by atoms with E-state index in [4.69, 9.17) is 5.73 Å². The van der Waals surface area contributed by atoms with Crippen molar-refractivity contribution in [3.8, 4) is 0 Å². The molecule has 1 aromatic rings. The van der Waals surface area contributed by atoms with Crippen LogP contribution >= 0.6 is 31.9 Å². The van der Waals surface area contributed by atoms with Crippen LogP contribution in [0.15, 0.2) is 26.1 Å². The van der Waals surface area contributed by atoms with Crippen molar-refractivity contribution in [3.63, 3.8) is 0 Å². The Hall–Kier alpha value is -0.350. The van der Waals surface area contributed by atoms with Crippen LogP contribution in [0.25, 0.3) is 0 Å². The minimum Gasteiger partial charge on any atom is -0.387 e. The van der Waals surface area contributed by atoms with Gasteiger partial charge in [0.25, 0.3) is 0 Å². The van der Waals surface area contributed by atoms with Crippen molar-refractivity contribution in [2.75, 3.05) is 0 Å². The Morgan fingerprint density at radius 2 is 1.72 bits per heavy atom. The van der Waals surface area contributed by atoms with E-state index in [0.717, 1.165) is 20.5 Å². The highest BCUT2D eigenvalue weighted by atomic mass is 79.9. The van der Waals surface area contributed by atoms with E-state index < -0.39 is 0 Å². The molecule has 0 saturated heterocycles. The predicted octanol–water partition coefficient (Wildman–Crippen LogP) is 5.09. The van der Waals surface area contributed by atoms with Crippen LogP contribution in [-0.2, 0) is 0 Å². The van der Waals surface area contributed by atoms with Crippen molar-refractivity contribution in [1.82, 2.24) is 0 Å². The third kappa shape index (κ3) is 3.35. The Morgan fingerprint density at radius 3 is 2.28 bits per heavy atom. The third-order valence-corrected chi connectivity index (χ3v) is 4.63. The van der Waals surface area contributed by atoms with Crippen LogP contribution in [0.4, 0.5) is 5.69 Å². The monoisotopic (exact) mass is 372 g/mol. The molecule has 0 amide bonds. The van der Waals surface area contributed by atoms with Gasteiger partial charge in [-0.05, 0) is 69.3 Å². The maximum Gasteiger partial charge on any atom is 0.103 e. The molecule has 1 saturated carbocycles. The second kappa shape index (κ2) is 6.20.